The van der Waals surface area contributed by atoms with Crippen molar-refractivity contribution < 1.29 is 9.53 Å². The Morgan fingerprint density at radius 3 is 1.61 bits per heavy atom. The molecule has 0 aliphatic heterocycles. The maximum absolute atomic E-state index is 10.9. The lowest BCUT2D eigenvalue weighted by molar-refractivity contribution is -0.140. The molecular weight excluding hydrogens is 284 g/mol. The molecule has 0 atom stereocenters. The van der Waals surface area contributed by atoms with Gasteiger partial charge in [0.2, 0.25) is 0 Å². The van der Waals surface area contributed by atoms with Gasteiger partial charge >= 0.3 is 5.97 Å². The number of carbonyl (C=O) groups excluding carboxylic acids is 1. The Balaban J connectivity index is 3.47. The molecule has 0 aromatic heterocycles. The summed E-state index contributed by atoms with van der Waals surface area (Å²) in [6.45, 7) is 2.15. The number of ether oxygens (including phenoxy) is 1. The van der Waals surface area contributed by atoms with E-state index in [1.807, 2.05) is 0 Å². The third-order valence-corrected chi connectivity index (χ3v) is 3.14. The molecule has 2 heteroatoms. The maximum atomic E-state index is 10.9. The van der Waals surface area contributed by atoms with Gasteiger partial charge in [0.15, 0.2) is 0 Å². The Bertz CT molecular complexity index is 412. The van der Waals surface area contributed by atoms with Gasteiger partial charge in [-0.1, -0.05) is 67.7 Å². The number of methoxy groups -OCH3 is 1. The first kappa shape index (κ1) is 21.2. The van der Waals surface area contributed by atoms with Crippen LogP contribution in [-0.2, 0) is 9.53 Å². The maximum Gasteiger partial charge on any atom is 0.305 e. The highest BCUT2D eigenvalue weighted by Gasteiger charge is 1.96. The fourth-order valence-electron chi connectivity index (χ4n) is 1.83. The van der Waals surface area contributed by atoms with Crippen LogP contribution in [0.4, 0.5) is 0 Å². The lowest BCUT2D eigenvalue weighted by atomic mass is 10.2. The summed E-state index contributed by atoms with van der Waals surface area (Å²) < 4.78 is 4.59. The predicted molar refractivity (Wildman–Crippen MR) is 100 cm³/mol. The van der Waals surface area contributed by atoms with Crippen molar-refractivity contribution >= 4 is 5.97 Å². The average molecular weight is 316 g/mol. The Labute approximate surface area is 142 Å². The number of unbranched alkanes of at least 4 members (excludes halogenated alkanes) is 1. The van der Waals surface area contributed by atoms with Gasteiger partial charge in [0, 0.05) is 6.42 Å². The van der Waals surface area contributed by atoms with Crippen molar-refractivity contribution in [2.24, 2.45) is 0 Å². The van der Waals surface area contributed by atoms with Crippen LogP contribution >= 0.6 is 0 Å². The zero-order valence-corrected chi connectivity index (χ0v) is 14.7. The van der Waals surface area contributed by atoms with Gasteiger partial charge < -0.3 is 4.74 Å². The summed E-state index contributed by atoms with van der Waals surface area (Å²) in [7, 11) is 1.43. The van der Waals surface area contributed by atoms with Gasteiger partial charge in [-0.15, -0.1) is 0 Å². The summed E-state index contributed by atoms with van der Waals surface area (Å²) in [6, 6.07) is 0. The van der Waals surface area contributed by atoms with Crippen LogP contribution in [0.2, 0.25) is 0 Å². The fourth-order valence-corrected chi connectivity index (χ4v) is 1.83. The molecule has 0 spiro atoms. The van der Waals surface area contributed by atoms with E-state index in [4.69, 9.17) is 0 Å². The summed E-state index contributed by atoms with van der Waals surface area (Å²) in [4.78, 5) is 10.9. The summed E-state index contributed by atoms with van der Waals surface area (Å²) >= 11 is 0. The quantitative estimate of drug-likeness (QED) is 0.234. The molecule has 0 unspecified atom stereocenters. The number of rotatable bonds is 13. The van der Waals surface area contributed by atoms with Crippen molar-refractivity contribution in [3.63, 3.8) is 0 Å². The summed E-state index contributed by atoms with van der Waals surface area (Å²) in [5.41, 5.74) is 0. The van der Waals surface area contributed by atoms with Crippen LogP contribution in [0, 0.1) is 0 Å². The van der Waals surface area contributed by atoms with Crippen LogP contribution in [0.15, 0.2) is 60.8 Å². The molecular formula is C21H32O2. The van der Waals surface area contributed by atoms with Gasteiger partial charge in [0.1, 0.15) is 0 Å². The van der Waals surface area contributed by atoms with E-state index in [0.29, 0.717) is 6.42 Å². The van der Waals surface area contributed by atoms with E-state index in [0.717, 1.165) is 44.9 Å². The van der Waals surface area contributed by atoms with Crippen molar-refractivity contribution in [1.82, 2.24) is 0 Å². The van der Waals surface area contributed by atoms with E-state index in [1.54, 1.807) is 0 Å². The smallest absolute Gasteiger partial charge is 0.305 e. The van der Waals surface area contributed by atoms with Gasteiger partial charge in [-0.3, -0.25) is 4.79 Å². The Morgan fingerprint density at radius 2 is 1.17 bits per heavy atom. The number of hydrogen-bond donors (Lipinski definition) is 0. The van der Waals surface area contributed by atoms with E-state index in [-0.39, 0.29) is 5.97 Å². The average Bonchev–Trinajstić information content (AvgIpc) is 2.57. The minimum absolute atomic E-state index is 0.127. The molecule has 0 heterocycles. The first-order chi connectivity index (χ1) is 11.3. The summed E-state index contributed by atoms with van der Waals surface area (Å²) in [5, 5.41) is 0. The number of esters is 1. The lowest BCUT2D eigenvalue weighted by Crippen LogP contribution is -1.98. The molecule has 0 bridgehead atoms. The standard InChI is InChI=1S/C21H32O2/c1-3-4-5-6-7-8-9-10-11-12-13-14-15-16-17-18-19-20-21(22)23-2/h4-5,7-8,10-11,13-14,16-17H,3,6,9,12,15,18-20H2,1-2H3/b5-4+,8-7+,11-10+,14-13+,17-16-. The van der Waals surface area contributed by atoms with Gasteiger partial charge in [0.05, 0.1) is 7.11 Å². The Kier molecular flexibility index (Phi) is 16.8. The molecule has 23 heavy (non-hydrogen) atoms. The zero-order valence-electron chi connectivity index (χ0n) is 14.7. The first-order valence-corrected chi connectivity index (χ1v) is 8.63. The molecule has 0 aromatic rings. The van der Waals surface area contributed by atoms with E-state index in [1.165, 1.54) is 7.11 Å². The number of hydrogen-bond acceptors (Lipinski definition) is 2. The molecule has 2 nitrogen and oxygen atoms in total. The van der Waals surface area contributed by atoms with Crippen molar-refractivity contribution in [1.29, 1.82) is 0 Å². The van der Waals surface area contributed by atoms with Crippen LogP contribution in [0.1, 0.15) is 58.3 Å². The first-order valence-electron chi connectivity index (χ1n) is 8.63. The van der Waals surface area contributed by atoms with E-state index in [2.05, 4.69) is 72.4 Å². The van der Waals surface area contributed by atoms with Crippen LogP contribution in [-0.4, -0.2) is 13.1 Å². The van der Waals surface area contributed by atoms with Crippen LogP contribution in [0.5, 0.6) is 0 Å². The minimum atomic E-state index is -0.127. The fraction of sp³-hybridized carbons (Fsp3) is 0.476. The van der Waals surface area contributed by atoms with E-state index >= 15 is 0 Å². The summed E-state index contributed by atoms with van der Waals surface area (Å²) in [5.74, 6) is -0.127. The predicted octanol–water partition coefficient (Wildman–Crippen LogP) is 6.08. The number of allylic oxidation sites excluding steroid dienone is 10. The zero-order chi connectivity index (χ0) is 17.0. The van der Waals surface area contributed by atoms with Crippen molar-refractivity contribution in [3.8, 4) is 0 Å². The monoisotopic (exact) mass is 316 g/mol. The van der Waals surface area contributed by atoms with Gasteiger partial charge in [-0.25, -0.2) is 0 Å². The molecule has 0 saturated carbocycles. The van der Waals surface area contributed by atoms with E-state index in [9.17, 15) is 4.79 Å². The van der Waals surface area contributed by atoms with Crippen molar-refractivity contribution in [2.75, 3.05) is 7.11 Å². The molecule has 128 valence electrons. The number of carbonyl (C=O) groups is 1. The highest BCUT2D eigenvalue weighted by molar-refractivity contribution is 5.69. The molecule has 0 fully saturated rings. The topological polar surface area (TPSA) is 26.3 Å². The highest BCUT2D eigenvalue weighted by atomic mass is 16.5. The molecule has 0 amide bonds. The molecule has 0 N–H and O–H groups in total. The summed E-state index contributed by atoms with van der Waals surface area (Å²) in [6.07, 6.45) is 29.2. The van der Waals surface area contributed by atoms with Gasteiger partial charge in [-0.2, -0.15) is 0 Å². The van der Waals surface area contributed by atoms with Crippen LogP contribution in [0.25, 0.3) is 0 Å². The molecule has 0 aliphatic carbocycles. The third kappa shape index (κ3) is 18.1. The molecule has 0 saturated heterocycles. The minimum Gasteiger partial charge on any atom is -0.469 e. The second kappa shape index (κ2) is 18.2. The van der Waals surface area contributed by atoms with Crippen LogP contribution < -0.4 is 0 Å². The van der Waals surface area contributed by atoms with Gasteiger partial charge in [-0.05, 0) is 44.9 Å². The normalized spacial score (nSPS) is 12.6. The third-order valence-electron chi connectivity index (χ3n) is 3.14. The molecule has 0 radical (unpaired) electrons. The second-order valence-electron chi connectivity index (χ2n) is 5.18. The van der Waals surface area contributed by atoms with Crippen molar-refractivity contribution in [3.05, 3.63) is 60.8 Å². The molecule has 0 aliphatic rings. The highest BCUT2D eigenvalue weighted by Crippen LogP contribution is 2.00. The second-order valence-corrected chi connectivity index (χ2v) is 5.18. The Morgan fingerprint density at radius 1 is 0.739 bits per heavy atom. The molecule has 0 rings (SSSR count). The Hall–Kier alpha value is -1.83. The van der Waals surface area contributed by atoms with Crippen LogP contribution in [0.3, 0.4) is 0 Å². The SMILES string of the molecule is CC/C=C/C/C=C/C/C=C/C/C=C/C/C=C\CCCC(=O)OC. The lowest BCUT2D eigenvalue weighted by Gasteiger charge is -1.95. The van der Waals surface area contributed by atoms with E-state index < -0.39 is 0 Å². The van der Waals surface area contributed by atoms with Gasteiger partial charge in [0.25, 0.3) is 0 Å². The largest absolute Gasteiger partial charge is 0.469 e. The molecule has 0 aromatic carbocycles. The van der Waals surface area contributed by atoms with Crippen molar-refractivity contribution in [2.45, 2.75) is 58.3 Å².